The van der Waals surface area contributed by atoms with Crippen molar-refractivity contribution in [2.75, 3.05) is 39.8 Å². The van der Waals surface area contributed by atoms with Crippen molar-refractivity contribution < 1.29 is 13.9 Å². The molecule has 7 heteroatoms. The Morgan fingerprint density at radius 1 is 1.32 bits per heavy atom. The van der Waals surface area contributed by atoms with Crippen LogP contribution in [0.25, 0.3) is 0 Å². The lowest BCUT2D eigenvalue weighted by molar-refractivity contribution is 0.0599. The van der Waals surface area contributed by atoms with E-state index in [0.717, 1.165) is 25.6 Å². The first kappa shape index (κ1) is 19.3. The number of methoxy groups -OCH3 is 1. The van der Waals surface area contributed by atoms with Crippen molar-refractivity contribution in [3.63, 3.8) is 0 Å². The number of hydrogen-bond acceptors (Lipinski definition) is 5. The van der Waals surface area contributed by atoms with Gasteiger partial charge in [0.05, 0.1) is 7.11 Å². The average Bonchev–Trinajstić information content (AvgIpc) is 3.00. The lowest BCUT2D eigenvalue weighted by Gasteiger charge is -2.26. The second-order valence-electron chi connectivity index (χ2n) is 6.20. The summed E-state index contributed by atoms with van der Waals surface area (Å²) in [6.45, 7) is 9.22. The quantitative estimate of drug-likeness (QED) is 0.444. The van der Waals surface area contributed by atoms with Gasteiger partial charge in [0.15, 0.2) is 5.96 Å². The van der Waals surface area contributed by atoms with E-state index in [1.165, 1.54) is 39.5 Å². The zero-order chi connectivity index (χ0) is 18.1. The molecule has 0 bridgehead atoms. The molecule has 7 nitrogen and oxygen atoms in total. The zero-order valence-electron chi connectivity index (χ0n) is 15.6. The summed E-state index contributed by atoms with van der Waals surface area (Å²) in [5.74, 6) is 1.57. The van der Waals surface area contributed by atoms with Crippen molar-refractivity contribution in [3.8, 4) is 0 Å². The fourth-order valence-corrected chi connectivity index (χ4v) is 2.95. The molecule has 1 aliphatic rings. The molecule has 0 radical (unpaired) electrons. The number of rotatable bonds is 7. The molecule has 2 heterocycles. The van der Waals surface area contributed by atoms with Gasteiger partial charge >= 0.3 is 5.97 Å². The van der Waals surface area contributed by atoms with Crippen LogP contribution in [0.1, 0.15) is 48.1 Å². The highest BCUT2D eigenvalue weighted by molar-refractivity contribution is 5.90. The van der Waals surface area contributed by atoms with E-state index in [1.54, 1.807) is 13.0 Å². The number of guanidine groups is 1. The van der Waals surface area contributed by atoms with Crippen molar-refractivity contribution in [2.24, 2.45) is 4.99 Å². The lowest BCUT2D eigenvalue weighted by Crippen LogP contribution is -2.42. The fraction of sp³-hybridized carbons (Fsp3) is 0.667. The first-order valence-corrected chi connectivity index (χ1v) is 9.06. The molecule has 2 N–H and O–H groups in total. The van der Waals surface area contributed by atoms with Crippen LogP contribution in [-0.4, -0.2) is 56.7 Å². The van der Waals surface area contributed by atoms with E-state index in [9.17, 15) is 4.79 Å². The van der Waals surface area contributed by atoms with Crippen LogP contribution in [0.5, 0.6) is 0 Å². The first-order chi connectivity index (χ1) is 12.1. The third-order valence-electron chi connectivity index (χ3n) is 4.28. The van der Waals surface area contributed by atoms with E-state index in [0.29, 0.717) is 23.6 Å². The normalized spacial score (nSPS) is 15.9. The number of nitrogens with zero attached hydrogens (tertiary/aromatic N) is 2. The molecule has 0 atom stereocenters. The molecule has 0 saturated carbocycles. The Bertz CT molecular complexity index is 577. The molecule has 0 unspecified atom stereocenters. The SMILES string of the molecule is CCNC(=NCc1cc(C(=O)OC)c(C)o1)NCCN1CCCCC1. The van der Waals surface area contributed by atoms with E-state index < -0.39 is 0 Å². The number of ether oxygens (including phenoxy) is 1. The summed E-state index contributed by atoms with van der Waals surface area (Å²) in [6.07, 6.45) is 3.95. The Balaban J connectivity index is 1.87. The van der Waals surface area contributed by atoms with Gasteiger partial charge in [0.1, 0.15) is 23.6 Å². The number of nitrogens with one attached hydrogen (secondary N) is 2. The second kappa shape index (κ2) is 10.1. The summed E-state index contributed by atoms with van der Waals surface area (Å²) in [5.41, 5.74) is 0.454. The van der Waals surface area contributed by atoms with E-state index >= 15 is 0 Å². The number of carbonyl (C=O) groups excluding carboxylic acids is 1. The van der Waals surface area contributed by atoms with Crippen molar-refractivity contribution >= 4 is 11.9 Å². The van der Waals surface area contributed by atoms with Gasteiger partial charge < -0.3 is 24.7 Å². The summed E-state index contributed by atoms with van der Waals surface area (Å²) >= 11 is 0. The number of esters is 1. The van der Waals surface area contributed by atoms with Crippen LogP contribution in [0, 0.1) is 6.92 Å². The van der Waals surface area contributed by atoms with E-state index in [4.69, 9.17) is 9.15 Å². The van der Waals surface area contributed by atoms with Gasteiger partial charge in [-0.1, -0.05) is 6.42 Å². The summed E-state index contributed by atoms with van der Waals surface area (Å²) in [4.78, 5) is 18.7. The van der Waals surface area contributed by atoms with Gasteiger partial charge in [-0.25, -0.2) is 9.79 Å². The van der Waals surface area contributed by atoms with Gasteiger partial charge in [0.2, 0.25) is 0 Å². The van der Waals surface area contributed by atoms with Crippen LogP contribution in [0.2, 0.25) is 0 Å². The molecule has 1 aromatic rings. The molecule has 1 aromatic heterocycles. The van der Waals surface area contributed by atoms with Crippen LogP contribution < -0.4 is 10.6 Å². The maximum absolute atomic E-state index is 11.6. The minimum absolute atomic E-state index is 0.372. The molecule has 1 saturated heterocycles. The molecule has 1 aliphatic heterocycles. The van der Waals surface area contributed by atoms with Crippen LogP contribution in [-0.2, 0) is 11.3 Å². The molecule has 140 valence electrons. The maximum Gasteiger partial charge on any atom is 0.341 e. The highest BCUT2D eigenvalue weighted by atomic mass is 16.5. The van der Waals surface area contributed by atoms with Gasteiger partial charge in [-0.3, -0.25) is 0 Å². The lowest BCUT2D eigenvalue weighted by atomic mass is 10.1. The number of aliphatic imine (C=N–C) groups is 1. The number of aryl methyl sites for hydroxylation is 1. The van der Waals surface area contributed by atoms with Gasteiger partial charge in [0.25, 0.3) is 0 Å². The van der Waals surface area contributed by atoms with Crippen LogP contribution in [0.15, 0.2) is 15.5 Å². The Morgan fingerprint density at radius 2 is 2.08 bits per heavy atom. The topological polar surface area (TPSA) is 79.1 Å². The summed E-state index contributed by atoms with van der Waals surface area (Å²) < 4.78 is 10.3. The minimum Gasteiger partial charge on any atom is -0.465 e. The monoisotopic (exact) mass is 350 g/mol. The van der Waals surface area contributed by atoms with Crippen molar-refractivity contribution in [2.45, 2.75) is 39.7 Å². The van der Waals surface area contributed by atoms with Crippen LogP contribution >= 0.6 is 0 Å². The van der Waals surface area contributed by atoms with E-state index in [2.05, 4.69) is 20.5 Å². The summed E-state index contributed by atoms with van der Waals surface area (Å²) in [7, 11) is 1.36. The number of carbonyl (C=O) groups is 1. The third-order valence-corrected chi connectivity index (χ3v) is 4.28. The Hall–Kier alpha value is -2.02. The number of furan rings is 1. The highest BCUT2D eigenvalue weighted by Gasteiger charge is 2.15. The second-order valence-corrected chi connectivity index (χ2v) is 6.20. The molecule has 25 heavy (non-hydrogen) atoms. The summed E-state index contributed by atoms with van der Waals surface area (Å²) in [5, 5.41) is 6.59. The van der Waals surface area contributed by atoms with Crippen molar-refractivity contribution in [1.82, 2.24) is 15.5 Å². The first-order valence-electron chi connectivity index (χ1n) is 9.06. The molecular formula is C18H30N4O3. The predicted molar refractivity (Wildman–Crippen MR) is 97.9 cm³/mol. The van der Waals surface area contributed by atoms with Gasteiger partial charge in [-0.15, -0.1) is 0 Å². The van der Waals surface area contributed by atoms with Crippen LogP contribution in [0.4, 0.5) is 0 Å². The van der Waals surface area contributed by atoms with Gasteiger partial charge in [-0.2, -0.15) is 0 Å². The Kier molecular flexibility index (Phi) is 7.78. The number of hydrogen-bond donors (Lipinski definition) is 2. The molecule has 0 aromatic carbocycles. The number of piperidine rings is 1. The highest BCUT2D eigenvalue weighted by Crippen LogP contribution is 2.16. The fourth-order valence-electron chi connectivity index (χ4n) is 2.95. The largest absolute Gasteiger partial charge is 0.465 e. The van der Waals surface area contributed by atoms with Crippen LogP contribution in [0.3, 0.4) is 0 Å². The zero-order valence-corrected chi connectivity index (χ0v) is 15.6. The minimum atomic E-state index is -0.386. The smallest absolute Gasteiger partial charge is 0.341 e. The predicted octanol–water partition coefficient (Wildman–Crippen LogP) is 1.92. The van der Waals surface area contributed by atoms with Gasteiger partial charge in [-0.05, 0) is 45.8 Å². The van der Waals surface area contributed by atoms with Crippen molar-refractivity contribution in [1.29, 1.82) is 0 Å². The Labute approximate surface area is 149 Å². The average molecular weight is 350 g/mol. The molecule has 0 amide bonds. The standard InChI is InChI=1S/C18H30N4O3/c1-4-19-18(20-8-11-22-9-6-5-7-10-22)21-13-15-12-16(14(2)25-15)17(23)24-3/h12H,4-11,13H2,1-3H3,(H2,19,20,21). The van der Waals surface area contributed by atoms with E-state index in [1.807, 2.05) is 6.92 Å². The molecule has 2 rings (SSSR count). The maximum atomic E-state index is 11.6. The molecule has 0 aliphatic carbocycles. The third kappa shape index (κ3) is 6.08. The number of likely N-dealkylation sites (tertiary alicyclic amines) is 1. The molecular weight excluding hydrogens is 320 g/mol. The molecule has 0 spiro atoms. The Morgan fingerprint density at radius 3 is 2.76 bits per heavy atom. The van der Waals surface area contributed by atoms with Gasteiger partial charge in [0, 0.05) is 19.6 Å². The summed E-state index contributed by atoms with van der Waals surface area (Å²) in [6, 6.07) is 1.70. The van der Waals surface area contributed by atoms with Crippen molar-refractivity contribution in [3.05, 3.63) is 23.2 Å². The molecule has 1 fully saturated rings. The van der Waals surface area contributed by atoms with E-state index in [-0.39, 0.29) is 5.97 Å².